The van der Waals surface area contributed by atoms with E-state index >= 15 is 0 Å². The predicted octanol–water partition coefficient (Wildman–Crippen LogP) is 1.98. The first-order valence-corrected chi connectivity index (χ1v) is 7.36. The molecule has 0 saturated carbocycles. The van der Waals surface area contributed by atoms with E-state index in [-0.39, 0.29) is 11.6 Å². The predicted molar refractivity (Wildman–Crippen MR) is 80.9 cm³/mol. The van der Waals surface area contributed by atoms with Crippen LogP contribution in [0.3, 0.4) is 0 Å². The topological polar surface area (TPSA) is 50.3 Å². The van der Waals surface area contributed by atoms with Crippen LogP contribution in [0.1, 0.15) is 39.8 Å². The highest BCUT2D eigenvalue weighted by atomic mass is 16.5. The van der Waals surface area contributed by atoms with Crippen LogP contribution in [0, 0.1) is 0 Å². The van der Waals surface area contributed by atoms with Crippen LogP contribution in [0.4, 0.5) is 5.82 Å². The Morgan fingerprint density at radius 1 is 1.35 bits per heavy atom. The van der Waals surface area contributed by atoms with Gasteiger partial charge in [-0.3, -0.25) is 4.98 Å². The zero-order valence-corrected chi connectivity index (χ0v) is 13.0. The van der Waals surface area contributed by atoms with Crippen molar-refractivity contribution in [3.63, 3.8) is 0 Å². The van der Waals surface area contributed by atoms with Gasteiger partial charge in [0, 0.05) is 31.8 Å². The number of nitrogens with one attached hydrogen (secondary N) is 1. The van der Waals surface area contributed by atoms with Gasteiger partial charge in [0.05, 0.1) is 24.2 Å². The molecule has 1 aliphatic heterocycles. The molecule has 112 valence electrons. The summed E-state index contributed by atoms with van der Waals surface area (Å²) in [6, 6.07) is 0. The summed E-state index contributed by atoms with van der Waals surface area (Å²) < 4.78 is 5.65. The summed E-state index contributed by atoms with van der Waals surface area (Å²) in [5.41, 5.74) is 1.07. The maximum Gasteiger partial charge on any atom is 0.147 e. The van der Waals surface area contributed by atoms with Gasteiger partial charge >= 0.3 is 0 Å². The number of rotatable bonds is 3. The Hall–Kier alpha value is -1.20. The summed E-state index contributed by atoms with van der Waals surface area (Å²) in [4.78, 5) is 11.3. The third kappa shape index (κ3) is 4.72. The summed E-state index contributed by atoms with van der Waals surface area (Å²) in [6.45, 7) is 12.0. The van der Waals surface area contributed by atoms with E-state index in [1.54, 1.807) is 0 Å². The van der Waals surface area contributed by atoms with Crippen molar-refractivity contribution in [1.82, 2.24) is 15.3 Å². The number of hydrogen-bond donors (Lipinski definition) is 1. The fourth-order valence-electron chi connectivity index (χ4n) is 2.16. The molecule has 1 fully saturated rings. The summed E-state index contributed by atoms with van der Waals surface area (Å²) in [5.74, 6) is 0.946. The number of ether oxygens (including phenoxy) is 1. The Kier molecular flexibility index (Phi) is 4.94. The third-order valence-electron chi connectivity index (χ3n) is 3.27. The number of aromatic nitrogens is 2. The Balaban J connectivity index is 1.96. The quantitative estimate of drug-likeness (QED) is 0.916. The number of anilines is 1. The molecule has 1 aromatic rings. The van der Waals surface area contributed by atoms with Gasteiger partial charge < -0.3 is 15.0 Å². The second kappa shape index (κ2) is 6.50. The van der Waals surface area contributed by atoms with E-state index in [0.717, 1.165) is 44.2 Å². The average molecular weight is 278 g/mol. The molecule has 1 aliphatic rings. The van der Waals surface area contributed by atoms with E-state index in [1.165, 1.54) is 0 Å². The van der Waals surface area contributed by atoms with Crippen molar-refractivity contribution in [2.24, 2.45) is 0 Å². The second-order valence-corrected chi connectivity index (χ2v) is 6.45. The molecule has 0 radical (unpaired) electrons. The van der Waals surface area contributed by atoms with Crippen molar-refractivity contribution in [2.75, 3.05) is 24.6 Å². The lowest BCUT2D eigenvalue weighted by Gasteiger charge is -2.23. The van der Waals surface area contributed by atoms with Crippen LogP contribution in [0.5, 0.6) is 0 Å². The molecule has 5 heteroatoms. The number of nitrogens with zero attached hydrogens (tertiary/aromatic N) is 3. The van der Waals surface area contributed by atoms with Gasteiger partial charge in [-0.25, -0.2) is 4.98 Å². The van der Waals surface area contributed by atoms with E-state index in [1.807, 2.05) is 12.4 Å². The first-order valence-electron chi connectivity index (χ1n) is 7.36. The Morgan fingerprint density at radius 2 is 2.15 bits per heavy atom. The van der Waals surface area contributed by atoms with Gasteiger partial charge in [-0.05, 0) is 34.1 Å². The molecular formula is C15H26N4O. The minimum Gasteiger partial charge on any atom is -0.377 e. The highest BCUT2D eigenvalue weighted by Crippen LogP contribution is 2.14. The fraction of sp³-hybridized carbons (Fsp3) is 0.733. The van der Waals surface area contributed by atoms with Gasteiger partial charge in [0.2, 0.25) is 0 Å². The maximum absolute atomic E-state index is 5.65. The van der Waals surface area contributed by atoms with Crippen molar-refractivity contribution in [2.45, 2.75) is 52.3 Å². The molecule has 0 amide bonds. The summed E-state index contributed by atoms with van der Waals surface area (Å²) in [5, 5.41) is 3.42. The molecule has 1 unspecified atom stereocenters. The van der Waals surface area contributed by atoms with Crippen LogP contribution < -0.4 is 10.2 Å². The molecule has 1 atom stereocenters. The lowest BCUT2D eigenvalue weighted by molar-refractivity contribution is 0.0820. The van der Waals surface area contributed by atoms with Crippen molar-refractivity contribution < 1.29 is 4.74 Å². The van der Waals surface area contributed by atoms with Crippen LogP contribution in [0.15, 0.2) is 12.4 Å². The molecule has 1 saturated heterocycles. The largest absolute Gasteiger partial charge is 0.377 e. The van der Waals surface area contributed by atoms with Crippen molar-refractivity contribution in [3.05, 3.63) is 18.1 Å². The Bertz CT molecular complexity index is 413. The second-order valence-electron chi connectivity index (χ2n) is 6.45. The maximum atomic E-state index is 5.65. The van der Waals surface area contributed by atoms with Gasteiger partial charge in [-0.2, -0.15) is 0 Å². The van der Waals surface area contributed by atoms with Crippen molar-refractivity contribution in [3.8, 4) is 0 Å². The van der Waals surface area contributed by atoms with E-state index < -0.39 is 0 Å². The molecule has 0 bridgehead atoms. The highest BCUT2D eigenvalue weighted by Gasteiger charge is 2.16. The van der Waals surface area contributed by atoms with Crippen molar-refractivity contribution >= 4 is 5.82 Å². The molecular weight excluding hydrogens is 252 g/mol. The summed E-state index contributed by atoms with van der Waals surface area (Å²) in [6.07, 6.45) is 5.03. The summed E-state index contributed by atoms with van der Waals surface area (Å²) >= 11 is 0. The molecule has 2 rings (SSSR count). The highest BCUT2D eigenvalue weighted by molar-refractivity contribution is 5.36. The lowest BCUT2D eigenvalue weighted by Crippen LogP contribution is -2.35. The van der Waals surface area contributed by atoms with Crippen LogP contribution >= 0.6 is 0 Å². The van der Waals surface area contributed by atoms with Crippen LogP contribution in [-0.4, -0.2) is 41.3 Å². The molecule has 1 aromatic heterocycles. The molecule has 5 nitrogen and oxygen atoms in total. The number of hydrogen-bond acceptors (Lipinski definition) is 5. The zero-order chi connectivity index (χ0) is 14.6. The van der Waals surface area contributed by atoms with Crippen LogP contribution in [0.2, 0.25) is 0 Å². The molecule has 2 heterocycles. The van der Waals surface area contributed by atoms with Crippen LogP contribution in [-0.2, 0) is 11.3 Å². The first kappa shape index (κ1) is 15.2. The van der Waals surface area contributed by atoms with E-state index in [4.69, 9.17) is 4.74 Å². The Morgan fingerprint density at radius 3 is 2.80 bits per heavy atom. The third-order valence-corrected chi connectivity index (χ3v) is 3.27. The van der Waals surface area contributed by atoms with E-state index in [9.17, 15) is 0 Å². The first-order chi connectivity index (χ1) is 9.44. The molecule has 0 aliphatic carbocycles. The summed E-state index contributed by atoms with van der Waals surface area (Å²) in [7, 11) is 0. The normalized spacial score (nSPS) is 20.8. The monoisotopic (exact) mass is 278 g/mol. The van der Waals surface area contributed by atoms with Gasteiger partial charge in [0.1, 0.15) is 5.82 Å². The molecule has 0 spiro atoms. The molecule has 1 N–H and O–H groups in total. The van der Waals surface area contributed by atoms with Crippen molar-refractivity contribution in [1.29, 1.82) is 0 Å². The fourth-order valence-corrected chi connectivity index (χ4v) is 2.16. The van der Waals surface area contributed by atoms with E-state index in [2.05, 4.69) is 47.9 Å². The Labute approximate surface area is 121 Å². The van der Waals surface area contributed by atoms with Gasteiger partial charge in [-0.15, -0.1) is 0 Å². The molecule has 0 aromatic carbocycles. The van der Waals surface area contributed by atoms with Gasteiger partial charge in [0.25, 0.3) is 0 Å². The SMILES string of the molecule is CC1CN(c2cnc(CNC(C)(C)C)cn2)CCCO1. The van der Waals surface area contributed by atoms with Gasteiger partial charge in [0.15, 0.2) is 0 Å². The van der Waals surface area contributed by atoms with E-state index in [0.29, 0.717) is 0 Å². The molecule has 20 heavy (non-hydrogen) atoms. The van der Waals surface area contributed by atoms with Crippen LogP contribution in [0.25, 0.3) is 0 Å². The zero-order valence-electron chi connectivity index (χ0n) is 13.0. The lowest BCUT2D eigenvalue weighted by atomic mass is 10.1. The minimum absolute atomic E-state index is 0.0951. The standard InChI is InChI=1S/C15H26N4O/c1-12-11-19(6-5-7-20-12)14-10-16-13(8-17-14)9-18-15(2,3)4/h8,10,12,18H,5-7,9,11H2,1-4H3. The average Bonchev–Trinajstić information content (AvgIpc) is 2.61. The van der Waals surface area contributed by atoms with Gasteiger partial charge in [-0.1, -0.05) is 0 Å². The smallest absolute Gasteiger partial charge is 0.147 e. The minimum atomic E-state index is 0.0951.